The summed E-state index contributed by atoms with van der Waals surface area (Å²) >= 11 is 3.23. The number of ether oxygens (including phenoxy) is 1. The van der Waals surface area contributed by atoms with E-state index in [0.29, 0.717) is 15.8 Å². The Labute approximate surface area is 152 Å². The zero-order chi connectivity index (χ0) is 17.8. The lowest BCUT2D eigenvalue weighted by atomic mass is 10.2. The quantitative estimate of drug-likeness (QED) is 0.519. The summed E-state index contributed by atoms with van der Waals surface area (Å²) in [7, 11) is 1.45. The van der Waals surface area contributed by atoms with Gasteiger partial charge in [0.2, 0.25) is 0 Å². The van der Waals surface area contributed by atoms with E-state index in [4.69, 9.17) is 4.74 Å². The predicted octanol–water partition coefficient (Wildman–Crippen LogP) is 3.48. The number of carbonyl (C=O) groups excluding carboxylic acids is 1. The maximum absolute atomic E-state index is 12.2. The van der Waals surface area contributed by atoms with Crippen LogP contribution >= 0.6 is 15.9 Å². The van der Waals surface area contributed by atoms with E-state index < -0.39 is 5.91 Å². The van der Waals surface area contributed by atoms with Crippen molar-refractivity contribution in [1.82, 2.24) is 10.4 Å². The largest absolute Gasteiger partial charge is 0.503 e. The third-order valence-electron chi connectivity index (χ3n) is 3.48. The van der Waals surface area contributed by atoms with Gasteiger partial charge in [-0.15, -0.1) is 0 Å². The number of rotatable bonds is 4. The number of halogens is 1. The van der Waals surface area contributed by atoms with Crippen LogP contribution in [-0.2, 0) is 0 Å². The van der Waals surface area contributed by atoms with Crippen LogP contribution in [0.1, 0.15) is 16.1 Å². The van der Waals surface area contributed by atoms with Crippen LogP contribution in [0.2, 0.25) is 0 Å². The van der Waals surface area contributed by atoms with E-state index in [1.54, 1.807) is 18.2 Å². The number of nitrogens with one attached hydrogen (secondary N) is 1. The van der Waals surface area contributed by atoms with Crippen molar-refractivity contribution >= 4 is 39.0 Å². The zero-order valence-electron chi connectivity index (χ0n) is 13.2. The monoisotopic (exact) mass is 399 g/mol. The molecule has 126 valence electrons. The molecule has 0 bridgehead atoms. The van der Waals surface area contributed by atoms with E-state index in [2.05, 4.69) is 31.4 Å². The molecule has 0 aliphatic heterocycles. The number of phenols is 1. The van der Waals surface area contributed by atoms with Crippen molar-refractivity contribution in [1.29, 1.82) is 0 Å². The number of hydrogen-bond donors (Lipinski definition) is 2. The normalized spacial score (nSPS) is 11.0. The first-order valence-electron chi connectivity index (χ1n) is 7.34. The fraction of sp³-hybridized carbons (Fsp3) is 0.0556. The molecule has 6 nitrogen and oxygen atoms in total. The van der Waals surface area contributed by atoms with E-state index in [1.165, 1.54) is 13.3 Å². The van der Waals surface area contributed by atoms with Gasteiger partial charge in [0, 0.05) is 5.39 Å². The first-order chi connectivity index (χ1) is 12.1. The number of carbonyl (C=O) groups is 1. The van der Waals surface area contributed by atoms with Crippen molar-refractivity contribution in [3.63, 3.8) is 0 Å². The number of hydrazone groups is 1. The molecule has 7 heteroatoms. The Kier molecular flexibility index (Phi) is 4.95. The molecule has 3 aromatic rings. The van der Waals surface area contributed by atoms with Crippen molar-refractivity contribution in [2.45, 2.75) is 0 Å². The molecule has 2 aromatic carbocycles. The zero-order valence-corrected chi connectivity index (χ0v) is 14.8. The summed E-state index contributed by atoms with van der Waals surface area (Å²) in [6.07, 6.45) is 1.45. The molecule has 0 spiro atoms. The van der Waals surface area contributed by atoms with Crippen LogP contribution in [0.25, 0.3) is 10.9 Å². The molecular formula is C18H14BrN3O3. The van der Waals surface area contributed by atoms with Gasteiger partial charge in [-0.2, -0.15) is 5.10 Å². The summed E-state index contributed by atoms with van der Waals surface area (Å²) < 4.78 is 5.53. The van der Waals surface area contributed by atoms with Gasteiger partial charge in [-0.3, -0.25) is 4.79 Å². The summed E-state index contributed by atoms with van der Waals surface area (Å²) in [6.45, 7) is 0. The highest BCUT2D eigenvalue weighted by Gasteiger charge is 2.09. The highest BCUT2D eigenvalue weighted by Crippen LogP contribution is 2.34. The van der Waals surface area contributed by atoms with E-state index in [9.17, 15) is 9.90 Å². The Morgan fingerprint density at radius 2 is 2.08 bits per heavy atom. The minimum absolute atomic E-state index is 0.00375. The number of fused-ring (bicyclic) bond motifs is 1. The third-order valence-corrected chi connectivity index (χ3v) is 4.09. The number of benzene rings is 2. The Morgan fingerprint density at radius 1 is 1.28 bits per heavy atom. The lowest BCUT2D eigenvalue weighted by Crippen LogP contribution is -2.18. The lowest BCUT2D eigenvalue weighted by molar-refractivity contribution is 0.0950. The second-order valence-electron chi connectivity index (χ2n) is 5.14. The average molecular weight is 400 g/mol. The molecule has 1 heterocycles. The molecular weight excluding hydrogens is 386 g/mol. The Bertz CT molecular complexity index is 973. The fourth-order valence-corrected chi connectivity index (χ4v) is 2.70. The van der Waals surface area contributed by atoms with E-state index in [1.807, 2.05) is 30.3 Å². The van der Waals surface area contributed by atoms with Gasteiger partial charge in [0.1, 0.15) is 5.69 Å². The van der Waals surface area contributed by atoms with Gasteiger partial charge in [0.25, 0.3) is 5.91 Å². The molecule has 0 fully saturated rings. The maximum atomic E-state index is 12.2. The molecule has 1 aromatic heterocycles. The van der Waals surface area contributed by atoms with Crippen molar-refractivity contribution in [2.24, 2.45) is 5.10 Å². The standard InChI is InChI=1S/C18H14BrN3O3/c1-25-16-9-11(8-13(19)17(16)23)10-20-22-18(24)15-7-6-12-4-2-3-5-14(12)21-15/h2-10,23H,1H3,(H,22,24). The van der Waals surface area contributed by atoms with Crippen LogP contribution in [0.5, 0.6) is 11.5 Å². The smallest absolute Gasteiger partial charge is 0.289 e. The van der Waals surface area contributed by atoms with Gasteiger partial charge in [-0.05, 0) is 45.8 Å². The first kappa shape index (κ1) is 16.9. The molecule has 0 radical (unpaired) electrons. The van der Waals surface area contributed by atoms with Crippen LogP contribution in [0.3, 0.4) is 0 Å². The number of para-hydroxylation sites is 1. The fourth-order valence-electron chi connectivity index (χ4n) is 2.24. The van der Waals surface area contributed by atoms with Crippen LogP contribution in [0.4, 0.5) is 0 Å². The number of methoxy groups -OCH3 is 1. The molecule has 0 aliphatic carbocycles. The number of aromatic hydroxyl groups is 1. The summed E-state index contributed by atoms with van der Waals surface area (Å²) in [6, 6.07) is 14.3. The van der Waals surface area contributed by atoms with Crippen molar-refractivity contribution in [3.05, 3.63) is 64.3 Å². The molecule has 0 saturated heterocycles. The molecule has 0 unspecified atom stereocenters. The van der Waals surface area contributed by atoms with Crippen LogP contribution < -0.4 is 10.2 Å². The van der Waals surface area contributed by atoms with Crippen LogP contribution in [0.15, 0.2) is 58.1 Å². The Hall–Kier alpha value is -2.93. The maximum Gasteiger partial charge on any atom is 0.289 e. The lowest BCUT2D eigenvalue weighted by Gasteiger charge is -2.06. The van der Waals surface area contributed by atoms with Crippen molar-refractivity contribution < 1.29 is 14.6 Å². The highest BCUT2D eigenvalue weighted by atomic mass is 79.9. The molecule has 25 heavy (non-hydrogen) atoms. The highest BCUT2D eigenvalue weighted by molar-refractivity contribution is 9.10. The number of pyridine rings is 1. The molecule has 0 aliphatic rings. The third kappa shape index (κ3) is 3.77. The summed E-state index contributed by atoms with van der Waals surface area (Å²) in [5.41, 5.74) is 4.10. The minimum Gasteiger partial charge on any atom is -0.503 e. The number of aromatic nitrogens is 1. The van der Waals surface area contributed by atoms with Gasteiger partial charge in [-0.25, -0.2) is 10.4 Å². The predicted molar refractivity (Wildman–Crippen MR) is 99.2 cm³/mol. The number of amides is 1. The summed E-state index contributed by atoms with van der Waals surface area (Å²) in [5, 5.41) is 14.7. The van der Waals surface area contributed by atoms with Gasteiger partial charge in [0.05, 0.1) is 23.3 Å². The topological polar surface area (TPSA) is 83.8 Å². The average Bonchev–Trinajstić information content (AvgIpc) is 2.63. The SMILES string of the molecule is COc1cc(C=NNC(=O)c2ccc3ccccc3n2)cc(Br)c1O. The Morgan fingerprint density at radius 3 is 2.88 bits per heavy atom. The van der Waals surface area contributed by atoms with E-state index in [0.717, 1.165) is 10.9 Å². The molecule has 0 saturated carbocycles. The van der Waals surface area contributed by atoms with Crippen LogP contribution in [0, 0.1) is 0 Å². The number of hydrogen-bond acceptors (Lipinski definition) is 5. The minimum atomic E-state index is -0.410. The van der Waals surface area contributed by atoms with Gasteiger partial charge in [-0.1, -0.05) is 24.3 Å². The van der Waals surface area contributed by atoms with Gasteiger partial charge >= 0.3 is 0 Å². The molecule has 3 rings (SSSR count). The second-order valence-corrected chi connectivity index (χ2v) is 6.00. The van der Waals surface area contributed by atoms with Gasteiger partial charge < -0.3 is 9.84 Å². The van der Waals surface area contributed by atoms with E-state index >= 15 is 0 Å². The number of phenolic OH excluding ortho intramolecular Hbond substituents is 1. The molecule has 1 amide bonds. The van der Waals surface area contributed by atoms with E-state index in [-0.39, 0.29) is 11.4 Å². The number of nitrogens with zero attached hydrogens (tertiary/aromatic N) is 2. The van der Waals surface area contributed by atoms with Crippen molar-refractivity contribution in [2.75, 3.05) is 7.11 Å². The van der Waals surface area contributed by atoms with Gasteiger partial charge in [0.15, 0.2) is 11.5 Å². The molecule has 2 N–H and O–H groups in total. The van der Waals surface area contributed by atoms with Crippen LogP contribution in [-0.4, -0.2) is 29.3 Å². The molecule has 0 atom stereocenters. The van der Waals surface area contributed by atoms with Crippen molar-refractivity contribution in [3.8, 4) is 11.5 Å². The second kappa shape index (κ2) is 7.31. The first-order valence-corrected chi connectivity index (χ1v) is 8.13. The summed E-state index contributed by atoms with van der Waals surface area (Å²) in [5.74, 6) is -0.103. The summed E-state index contributed by atoms with van der Waals surface area (Å²) in [4.78, 5) is 16.5. The Balaban J connectivity index is 1.75.